The highest BCUT2D eigenvalue weighted by atomic mass is 19.1. The van der Waals surface area contributed by atoms with E-state index in [1.54, 1.807) is 6.07 Å². The molecule has 0 amide bonds. The van der Waals surface area contributed by atoms with Crippen LogP contribution in [0, 0.1) is 5.82 Å². The lowest BCUT2D eigenvalue weighted by Gasteiger charge is -2.27. The zero-order valence-corrected chi connectivity index (χ0v) is 12.3. The molecule has 0 bridgehead atoms. The number of rotatable bonds is 5. The van der Waals surface area contributed by atoms with Gasteiger partial charge in [-0.15, -0.1) is 0 Å². The van der Waals surface area contributed by atoms with Gasteiger partial charge in [0.25, 0.3) is 0 Å². The Labute approximate surface area is 125 Å². The third-order valence-corrected chi connectivity index (χ3v) is 4.12. The van der Waals surface area contributed by atoms with Crippen LogP contribution in [0.2, 0.25) is 0 Å². The summed E-state index contributed by atoms with van der Waals surface area (Å²) in [6, 6.07) is 15.6. The molecule has 0 aromatic heterocycles. The molecule has 1 N–H and O–H groups in total. The predicted octanol–water partition coefficient (Wildman–Crippen LogP) is 3.54. The third kappa shape index (κ3) is 2.93. The van der Waals surface area contributed by atoms with Gasteiger partial charge in [0.2, 0.25) is 0 Å². The van der Waals surface area contributed by atoms with Crippen molar-refractivity contribution in [2.45, 2.75) is 19.4 Å². The van der Waals surface area contributed by atoms with E-state index in [0.29, 0.717) is 0 Å². The Morgan fingerprint density at radius 1 is 1.14 bits per heavy atom. The van der Waals surface area contributed by atoms with Crippen LogP contribution < -0.4 is 10.2 Å². The molecule has 0 radical (unpaired) electrons. The summed E-state index contributed by atoms with van der Waals surface area (Å²) in [6.07, 6.45) is 1.08. The van der Waals surface area contributed by atoms with Gasteiger partial charge < -0.3 is 10.2 Å². The first-order chi connectivity index (χ1) is 10.3. The van der Waals surface area contributed by atoms with Crippen LogP contribution in [0.15, 0.2) is 48.5 Å². The molecule has 2 aromatic rings. The highest BCUT2D eigenvalue weighted by Gasteiger charge is 2.23. The molecule has 1 unspecified atom stereocenters. The Bertz CT molecular complexity index is 612. The number of nitrogens with one attached hydrogen (secondary N) is 1. The second-order valence-corrected chi connectivity index (χ2v) is 5.46. The predicted molar refractivity (Wildman–Crippen MR) is 85.2 cm³/mol. The lowest BCUT2D eigenvalue weighted by molar-refractivity contribution is 0.507. The van der Waals surface area contributed by atoms with E-state index in [4.69, 9.17) is 0 Å². The van der Waals surface area contributed by atoms with Crippen LogP contribution in [0.1, 0.15) is 24.1 Å². The van der Waals surface area contributed by atoms with Crippen LogP contribution >= 0.6 is 0 Å². The van der Waals surface area contributed by atoms with Crippen LogP contribution in [-0.2, 0) is 6.42 Å². The van der Waals surface area contributed by atoms with E-state index < -0.39 is 0 Å². The van der Waals surface area contributed by atoms with Gasteiger partial charge in [-0.2, -0.15) is 0 Å². The number of fused-ring (bicyclic) bond motifs is 1. The summed E-state index contributed by atoms with van der Waals surface area (Å²) in [7, 11) is 0. The summed E-state index contributed by atoms with van der Waals surface area (Å²) in [5.74, 6) is -0.129. The largest absolute Gasteiger partial charge is 0.369 e. The minimum atomic E-state index is -0.129. The molecule has 1 aliphatic rings. The molecular formula is C18H21FN2. The Kier molecular flexibility index (Phi) is 4.20. The average Bonchev–Trinajstić information content (AvgIpc) is 2.91. The highest BCUT2D eigenvalue weighted by molar-refractivity contribution is 5.58. The average molecular weight is 284 g/mol. The third-order valence-electron chi connectivity index (χ3n) is 4.12. The molecule has 0 saturated heterocycles. The van der Waals surface area contributed by atoms with E-state index >= 15 is 0 Å². The number of para-hydroxylation sites is 1. The molecule has 1 heterocycles. The maximum absolute atomic E-state index is 14.1. The van der Waals surface area contributed by atoms with Crippen LogP contribution in [0.4, 0.5) is 10.1 Å². The molecule has 0 saturated carbocycles. The van der Waals surface area contributed by atoms with Crippen molar-refractivity contribution >= 4 is 5.69 Å². The standard InChI is InChI=1S/C18H21FN2/c1-2-20-17(15-8-4-5-9-16(15)19)13-21-12-11-14-7-3-6-10-18(14)21/h3-10,17,20H,2,11-13H2,1H3. The lowest BCUT2D eigenvalue weighted by Crippen LogP contribution is -2.34. The van der Waals surface area contributed by atoms with Crippen molar-refractivity contribution in [1.82, 2.24) is 5.32 Å². The first kappa shape index (κ1) is 14.1. The summed E-state index contributed by atoms with van der Waals surface area (Å²) in [4.78, 5) is 2.36. The monoisotopic (exact) mass is 284 g/mol. The molecular weight excluding hydrogens is 263 g/mol. The van der Waals surface area contributed by atoms with Crippen LogP contribution in [0.25, 0.3) is 0 Å². The molecule has 2 aromatic carbocycles. The minimum absolute atomic E-state index is 0.0161. The van der Waals surface area contributed by atoms with Gasteiger partial charge >= 0.3 is 0 Å². The summed E-state index contributed by atoms with van der Waals surface area (Å²) >= 11 is 0. The maximum Gasteiger partial charge on any atom is 0.128 e. The molecule has 1 aliphatic heterocycles. The molecule has 1 atom stereocenters. The second kappa shape index (κ2) is 6.27. The zero-order valence-electron chi connectivity index (χ0n) is 12.3. The summed E-state index contributed by atoms with van der Waals surface area (Å²) in [6.45, 7) is 4.70. The Morgan fingerprint density at radius 2 is 1.90 bits per heavy atom. The first-order valence-corrected chi connectivity index (χ1v) is 7.60. The lowest BCUT2D eigenvalue weighted by atomic mass is 10.1. The van der Waals surface area contributed by atoms with E-state index in [0.717, 1.165) is 31.6 Å². The quantitative estimate of drug-likeness (QED) is 0.903. The van der Waals surface area contributed by atoms with Gasteiger partial charge in [0.05, 0.1) is 6.04 Å². The van der Waals surface area contributed by atoms with E-state index in [1.807, 2.05) is 12.1 Å². The fourth-order valence-electron chi connectivity index (χ4n) is 3.09. The number of likely N-dealkylation sites (N-methyl/N-ethyl adjacent to an activating group) is 1. The summed E-state index contributed by atoms with van der Waals surface area (Å²) < 4.78 is 14.1. The molecule has 3 rings (SSSR count). The topological polar surface area (TPSA) is 15.3 Å². The van der Waals surface area contributed by atoms with E-state index in [9.17, 15) is 4.39 Å². The fourth-order valence-corrected chi connectivity index (χ4v) is 3.09. The molecule has 21 heavy (non-hydrogen) atoms. The van der Waals surface area contributed by atoms with Crippen LogP contribution in [-0.4, -0.2) is 19.6 Å². The smallest absolute Gasteiger partial charge is 0.128 e. The number of halogens is 1. The first-order valence-electron chi connectivity index (χ1n) is 7.60. The molecule has 0 fully saturated rings. The Hall–Kier alpha value is -1.87. The van der Waals surface area contributed by atoms with Gasteiger partial charge in [0.15, 0.2) is 0 Å². The summed E-state index contributed by atoms with van der Waals surface area (Å²) in [5, 5.41) is 3.42. The number of anilines is 1. The Morgan fingerprint density at radius 3 is 2.71 bits per heavy atom. The van der Waals surface area contributed by atoms with Crippen molar-refractivity contribution in [2.75, 3.05) is 24.5 Å². The van der Waals surface area contributed by atoms with Gasteiger partial charge in [0, 0.05) is 24.3 Å². The summed E-state index contributed by atoms with van der Waals surface area (Å²) in [5.41, 5.74) is 3.43. The maximum atomic E-state index is 14.1. The molecule has 0 spiro atoms. The number of hydrogen-bond acceptors (Lipinski definition) is 2. The van der Waals surface area contributed by atoms with E-state index in [2.05, 4.69) is 41.4 Å². The molecule has 3 heteroatoms. The van der Waals surface area contributed by atoms with Crippen molar-refractivity contribution in [3.63, 3.8) is 0 Å². The van der Waals surface area contributed by atoms with Crippen LogP contribution in [0.5, 0.6) is 0 Å². The van der Waals surface area contributed by atoms with Crippen molar-refractivity contribution in [2.24, 2.45) is 0 Å². The van der Waals surface area contributed by atoms with Crippen LogP contribution in [0.3, 0.4) is 0 Å². The fraction of sp³-hybridized carbons (Fsp3) is 0.333. The van der Waals surface area contributed by atoms with Crippen molar-refractivity contribution in [3.05, 3.63) is 65.5 Å². The van der Waals surface area contributed by atoms with Crippen molar-refractivity contribution in [1.29, 1.82) is 0 Å². The second-order valence-electron chi connectivity index (χ2n) is 5.46. The number of benzene rings is 2. The molecule has 0 aliphatic carbocycles. The van der Waals surface area contributed by atoms with E-state index in [-0.39, 0.29) is 11.9 Å². The van der Waals surface area contributed by atoms with Gasteiger partial charge in [-0.3, -0.25) is 0 Å². The van der Waals surface area contributed by atoms with Gasteiger partial charge in [-0.25, -0.2) is 4.39 Å². The highest BCUT2D eigenvalue weighted by Crippen LogP contribution is 2.29. The minimum Gasteiger partial charge on any atom is -0.369 e. The number of nitrogens with zero attached hydrogens (tertiary/aromatic N) is 1. The zero-order chi connectivity index (χ0) is 14.7. The molecule has 2 nitrogen and oxygen atoms in total. The van der Waals surface area contributed by atoms with E-state index in [1.165, 1.54) is 17.3 Å². The molecule has 110 valence electrons. The normalized spacial score (nSPS) is 15.0. The van der Waals surface area contributed by atoms with Crippen molar-refractivity contribution < 1.29 is 4.39 Å². The van der Waals surface area contributed by atoms with Gasteiger partial charge in [-0.05, 0) is 30.7 Å². The van der Waals surface area contributed by atoms with Gasteiger partial charge in [0.1, 0.15) is 5.82 Å². The van der Waals surface area contributed by atoms with Gasteiger partial charge in [-0.1, -0.05) is 43.3 Å². The number of hydrogen-bond donors (Lipinski definition) is 1. The van der Waals surface area contributed by atoms with Crippen molar-refractivity contribution in [3.8, 4) is 0 Å². The Balaban J connectivity index is 1.82. The SMILES string of the molecule is CCNC(CN1CCc2ccccc21)c1ccccc1F.